The molecule has 7 heteroatoms. The number of aromatic nitrogens is 2. The first kappa shape index (κ1) is 19.0. The summed E-state index contributed by atoms with van der Waals surface area (Å²) < 4.78 is 7.25. The molecule has 1 saturated heterocycles. The predicted octanol–water partition coefficient (Wildman–Crippen LogP) is 4.43. The summed E-state index contributed by atoms with van der Waals surface area (Å²) >= 11 is 12.4. The van der Waals surface area contributed by atoms with Gasteiger partial charge in [-0.2, -0.15) is 9.78 Å². The van der Waals surface area contributed by atoms with Gasteiger partial charge in [-0.15, -0.1) is 0 Å². The first-order valence-corrected chi connectivity index (χ1v) is 9.76. The van der Waals surface area contributed by atoms with Gasteiger partial charge in [0.25, 0.3) is 5.56 Å². The van der Waals surface area contributed by atoms with Crippen molar-refractivity contribution in [3.05, 3.63) is 86.3 Å². The minimum Gasteiger partial charge on any atom is -0.370 e. The Labute approximate surface area is 173 Å². The Morgan fingerprint density at radius 1 is 1.11 bits per heavy atom. The second-order valence-electron chi connectivity index (χ2n) is 6.70. The molecule has 3 aromatic rings. The van der Waals surface area contributed by atoms with E-state index < -0.39 is 0 Å². The summed E-state index contributed by atoms with van der Waals surface area (Å²) in [4.78, 5) is 14.9. The highest BCUT2D eigenvalue weighted by molar-refractivity contribution is 6.33. The Balaban J connectivity index is 1.64. The van der Waals surface area contributed by atoms with E-state index in [1.54, 1.807) is 30.5 Å². The summed E-state index contributed by atoms with van der Waals surface area (Å²) in [5, 5.41) is 5.06. The van der Waals surface area contributed by atoms with Crippen LogP contribution in [0.1, 0.15) is 17.2 Å². The number of morpholine rings is 1. The Kier molecular flexibility index (Phi) is 5.40. The standard InChI is InChI=1S/C21H19Cl2N3O2/c1-14-4-2-3-5-17(14)19-13-25(10-11-28-19)18-12-24-26(21(27)20(18)23)16-8-6-15(22)7-9-16/h2-9,12,19H,10-11,13H2,1H3. The molecule has 1 aliphatic rings. The minimum absolute atomic E-state index is 0.0790. The van der Waals surface area contributed by atoms with E-state index in [4.69, 9.17) is 27.9 Å². The van der Waals surface area contributed by atoms with Gasteiger partial charge in [-0.05, 0) is 42.3 Å². The highest BCUT2D eigenvalue weighted by Gasteiger charge is 2.26. The van der Waals surface area contributed by atoms with Crippen molar-refractivity contribution in [3.63, 3.8) is 0 Å². The van der Waals surface area contributed by atoms with Crippen molar-refractivity contribution < 1.29 is 4.74 Å². The molecule has 2 heterocycles. The van der Waals surface area contributed by atoms with Gasteiger partial charge in [-0.25, -0.2) is 0 Å². The van der Waals surface area contributed by atoms with E-state index in [0.717, 1.165) is 5.56 Å². The molecule has 1 aliphatic heterocycles. The van der Waals surface area contributed by atoms with Crippen LogP contribution in [0.2, 0.25) is 10.0 Å². The fourth-order valence-electron chi connectivity index (χ4n) is 3.42. The largest absolute Gasteiger partial charge is 0.370 e. The van der Waals surface area contributed by atoms with Crippen LogP contribution in [-0.2, 0) is 4.74 Å². The molecule has 1 fully saturated rings. The smallest absolute Gasteiger partial charge is 0.292 e. The third-order valence-electron chi connectivity index (χ3n) is 4.91. The van der Waals surface area contributed by atoms with Gasteiger partial charge < -0.3 is 9.64 Å². The molecule has 0 aliphatic carbocycles. The van der Waals surface area contributed by atoms with Crippen molar-refractivity contribution >= 4 is 28.9 Å². The number of anilines is 1. The Hall–Kier alpha value is -2.34. The number of nitrogens with zero attached hydrogens (tertiary/aromatic N) is 3. The molecular weight excluding hydrogens is 397 g/mol. The second-order valence-corrected chi connectivity index (χ2v) is 7.51. The first-order chi connectivity index (χ1) is 13.5. The van der Waals surface area contributed by atoms with E-state index in [-0.39, 0.29) is 16.7 Å². The normalized spacial score (nSPS) is 17.0. The van der Waals surface area contributed by atoms with Gasteiger partial charge in [0.15, 0.2) is 0 Å². The number of hydrogen-bond acceptors (Lipinski definition) is 4. The zero-order valence-corrected chi connectivity index (χ0v) is 16.8. The SMILES string of the molecule is Cc1ccccc1C1CN(c2cnn(-c3ccc(Cl)cc3)c(=O)c2Cl)CCO1. The fraction of sp³-hybridized carbons (Fsp3) is 0.238. The van der Waals surface area contributed by atoms with E-state index in [1.807, 2.05) is 12.1 Å². The van der Waals surface area contributed by atoms with Crippen molar-refractivity contribution in [2.45, 2.75) is 13.0 Å². The summed E-state index contributed by atoms with van der Waals surface area (Å²) in [7, 11) is 0. The molecule has 1 atom stereocenters. The van der Waals surface area contributed by atoms with Crippen LogP contribution in [0.5, 0.6) is 0 Å². The van der Waals surface area contributed by atoms with Crippen LogP contribution in [0.3, 0.4) is 0 Å². The Morgan fingerprint density at radius 2 is 1.86 bits per heavy atom. The van der Waals surface area contributed by atoms with Crippen molar-refractivity contribution in [1.82, 2.24) is 9.78 Å². The molecule has 0 N–H and O–H groups in total. The lowest BCUT2D eigenvalue weighted by atomic mass is 10.0. The summed E-state index contributed by atoms with van der Waals surface area (Å²) in [6.45, 7) is 3.87. The monoisotopic (exact) mass is 415 g/mol. The van der Waals surface area contributed by atoms with Crippen LogP contribution in [0.4, 0.5) is 5.69 Å². The van der Waals surface area contributed by atoms with E-state index in [9.17, 15) is 4.79 Å². The maximum absolute atomic E-state index is 12.8. The van der Waals surface area contributed by atoms with Gasteiger partial charge in [0.1, 0.15) is 11.1 Å². The van der Waals surface area contributed by atoms with Crippen LogP contribution in [0.15, 0.2) is 59.5 Å². The quantitative estimate of drug-likeness (QED) is 0.634. The third-order valence-corrected chi connectivity index (χ3v) is 5.52. The molecule has 1 unspecified atom stereocenters. The highest BCUT2D eigenvalue weighted by Crippen LogP contribution is 2.30. The molecule has 5 nitrogen and oxygen atoms in total. The maximum atomic E-state index is 12.8. The fourth-order valence-corrected chi connectivity index (χ4v) is 3.79. The predicted molar refractivity (Wildman–Crippen MR) is 112 cm³/mol. The van der Waals surface area contributed by atoms with E-state index in [2.05, 4.69) is 29.1 Å². The molecule has 144 valence electrons. The van der Waals surface area contributed by atoms with Gasteiger partial charge in [-0.3, -0.25) is 4.79 Å². The van der Waals surface area contributed by atoms with E-state index >= 15 is 0 Å². The zero-order chi connectivity index (χ0) is 19.7. The molecule has 0 saturated carbocycles. The average molecular weight is 416 g/mol. The average Bonchev–Trinajstić information content (AvgIpc) is 2.71. The summed E-state index contributed by atoms with van der Waals surface area (Å²) in [6, 6.07) is 15.0. The molecule has 28 heavy (non-hydrogen) atoms. The summed E-state index contributed by atoms with van der Waals surface area (Å²) in [5.74, 6) is 0. The molecule has 0 spiro atoms. The Bertz CT molecular complexity index is 1050. The van der Waals surface area contributed by atoms with Crippen LogP contribution in [-0.4, -0.2) is 29.5 Å². The van der Waals surface area contributed by atoms with Crippen molar-refractivity contribution in [1.29, 1.82) is 0 Å². The maximum Gasteiger partial charge on any atom is 0.292 e. The summed E-state index contributed by atoms with van der Waals surface area (Å²) in [5.41, 5.74) is 3.20. The molecule has 0 radical (unpaired) electrons. The minimum atomic E-state index is -0.361. The van der Waals surface area contributed by atoms with E-state index in [1.165, 1.54) is 10.2 Å². The van der Waals surface area contributed by atoms with Crippen LogP contribution < -0.4 is 10.5 Å². The van der Waals surface area contributed by atoms with Crippen LogP contribution in [0, 0.1) is 6.92 Å². The third kappa shape index (κ3) is 3.65. The lowest BCUT2D eigenvalue weighted by molar-refractivity contribution is 0.0394. The van der Waals surface area contributed by atoms with Crippen molar-refractivity contribution in [2.75, 3.05) is 24.6 Å². The second kappa shape index (κ2) is 7.95. The first-order valence-electron chi connectivity index (χ1n) is 9.00. The van der Waals surface area contributed by atoms with Crippen molar-refractivity contribution in [3.8, 4) is 5.69 Å². The van der Waals surface area contributed by atoms with Gasteiger partial charge in [0.05, 0.1) is 24.2 Å². The highest BCUT2D eigenvalue weighted by atomic mass is 35.5. The van der Waals surface area contributed by atoms with Gasteiger partial charge >= 0.3 is 0 Å². The summed E-state index contributed by atoms with van der Waals surface area (Å²) in [6.07, 6.45) is 1.56. The number of hydrogen-bond donors (Lipinski definition) is 0. The number of rotatable bonds is 3. The zero-order valence-electron chi connectivity index (χ0n) is 15.3. The van der Waals surface area contributed by atoms with Gasteiger partial charge in [0, 0.05) is 18.1 Å². The number of aryl methyl sites for hydroxylation is 1. The number of halogens is 2. The topological polar surface area (TPSA) is 47.4 Å². The number of benzene rings is 2. The van der Waals surface area contributed by atoms with Crippen LogP contribution in [0.25, 0.3) is 5.69 Å². The molecule has 1 aromatic heterocycles. The molecule has 2 aromatic carbocycles. The lowest BCUT2D eigenvalue weighted by Gasteiger charge is -2.35. The lowest BCUT2D eigenvalue weighted by Crippen LogP contribution is -2.40. The van der Waals surface area contributed by atoms with Gasteiger partial charge in [0.2, 0.25) is 0 Å². The molecule has 0 bridgehead atoms. The van der Waals surface area contributed by atoms with E-state index in [0.29, 0.717) is 36.1 Å². The van der Waals surface area contributed by atoms with Crippen molar-refractivity contribution in [2.24, 2.45) is 0 Å². The molecule has 0 amide bonds. The van der Waals surface area contributed by atoms with Gasteiger partial charge in [-0.1, -0.05) is 47.5 Å². The molecular formula is C21H19Cl2N3O2. The molecule has 4 rings (SSSR count). The number of ether oxygens (including phenoxy) is 1. The Morgan fingerprint density at radius 3 is 2.61 bits per heavy atom. The van der Waals surface area contributed by atoms with Crippen LogP contribution >= 0.6 is 23.2 Å².